The summed E-state index contributed by atoms with van der Waals surface area (Å²) in [6.07, 6.45) is -6.66. The second kappa shape index (κ2) is 10.9. The molecule has 0 fully saturated rings. The zero-order chi connectivity index (χ0) is 24.9. The quantitative estimate of drug-likeness (QED) is 0.730. The van der Waals surface area contributed by atoms with Gasteiger partial charge in [0.25, 0.3) is 5.91 Å². The molecule has 3 atom stereocenters. The van der Waals surface area contributed by atoms with Crippen LogP contribution in [0.15, 0.2) is 18.2 Å². The van der Waals surface area contributed by atoms with E-state index in [1.165, 1.54) is 37.1 Å². The zero-order valence-corrected chi connectivity index (χ0v) is 19.4. The van der Waals surface area contributed by atoms with Crippen molar-refractivity contribution in [2.75, 3.05) is 39.2 Å². The molecule has 2 rings (SSSR count). The Hall–Kier alpha value is -2.82. The number of hydrogen-bond donors (Lipinski definition) is 1. The molecule has 0 unspecified atom stereocenters. The maximum Gasteiger partial charge on any atom is 0.397 e. The zero-order valence-electron chi connectivity index (χ0n) is 19.4. The van der Waals surface area contributed by atoms with Crippen molar-refractivity contribution in [2.45, 2.75) is 45.5 Å². The third-order valence-corrected chi connectivity index (χ3v) is 5.49. The second-order valence-corrected chi connectivity index (χ2v) is 8.32. The van der Waals surface area contributed by atoms with Crippen molar-refractivity contribution in [3.63, 3.8) is 0 Å². The summed E-state index contributed by atoms with van der Waals surface area (Å²) < 4.78 is 48.9. The summed E-state index contributed by atoms with van der Waals surface area (Å²) >= 11 is 0. The number of methoxy groups -OCH3 is 1. The van der Waals surface area contributed by atoms with E-state index in [9.17, 15) is 27.6 Å². The Morgan fingerprint density at radius 3 is 2.48 bits per heavy atom. The fourth-order valence-corrected chi connectivity index (χ4v) is 3.68. The SMILES string of the molecule is CO[C@H]1CN(C)C(=O)c2cc(NC(=O)CC(F)(F)F)ccc2OC[C@H](C)N(C(C)=O)C[C@@H]1C. The van der Waals surface area contributed by atoms with E-state index in [4.69, 9.17) is 9.47 Å². The molecule has 0 aromatic heterocycles. The summed E-state index contributed by atoms with van der Waals surface area (Å²) in [5.41, 5.74) is 0.113. The Balaban J connectivity index is 2.40. The highest BCUT2D eigenvalue weighted by atomic mass is 19.4. The van der Waals surface area contributed by atoms with Gasteiger partial charge in [-0.3, -0.25) is 14.4 Å². The normalized spacial score (nSPS) is 22.5. The highest BCUT2D eigenvalue weighted by Gasteiger charge is 2.32. The van der Waals surface area contributed by atoms with Gasteiger partial charge in [-0.15, -0.1) is 0 Å². The van der Waals surface area contributed by atoms with Crippen molar-refractivity contribution in [1.29, 1.82) is 0 Å². The van der Waals surface area contributed by atoms with Crippen LogP contribution in [0.5, 0.6) is 5.75 Å². The van der Waals surface area contributed by atoms with Crippen molar-refractivity contribution in [2.24, 2.45) is 5.92 Å². The first kappa shape index (κ1) is 26.4. The number of amides is 3. The number of benzene rings is 1. The van der Waals surface area contributed by atoms with Gasteiger partial charge in [-0.2, -0.15) is 13.2 Å². The van der Waals surface area contributed by atoms with Gasteiger partial charge in [-0.25, -0.2) is 0 Å². The Bertz CT molecular complexity index is 877. The number of carbonyl (C=O) groups excluding carboxylic acids is 3. The van der Waals surface area contributed by atoms with Crippen LogP contribution in [-0.2, 0) is 14.3 Å². The first-order chi connectivity index (χ1) is 15.3. The number of likely N-dealkylation sites (N-methyl/N-ethyl adjacent to an activating group) is 1. The second-order valence-electron chi connectivity index (χ2n) is 8.32. The molecule has 1 aliphatic rings. The number of halogens is 3. The van der Waals surface area contributed by atoms with Crippen LogP contribution in [0.25, 0.3) is 0 Å². The third-order valence-electron chi connectivity index (χ3n) is 5.49. The minimum Gasteiger partial charge on any atom is -0.491 e. The van der Waals surface area contributed by atoms with Crippen LogP contribution in [0.1, 0.15) is 37.6 Å². The molecular formula is C22H30F3N3O5. The Morgan fingerprint density at radius 1 is 1.24 bits per heavy atom. The molecule has 0 spiro atoms. The molecule has 0 saturated carbocycles. The molecule has 1 aliphatic heterocycles. The lowest BCUT2D eigenvalue weighted by Crippen LogP contribution is -2.48. The van der Waals surface area contributed by atoms with Crippen LogP contribution in [-0.4, -0.2) is 79.7 Å². The van der Waals surface area contributed by atoms with Crippen LogP contribution >= 0.6 is 0 Å². The highest BCUT2D eigenvalue weighted by Crippen LogP contribution is 2.27. The first-order valence-corrected chi connectivity index (χ1v) is 10.5. The lowest BCUT2D eigenvalue weighted by molar-refractivity contribution is -0.150. The van der Waals surface area contributed by atoms with Gasteiger partial charge >= 0.3 is 6.18 Å². The number of nitrogens with zero attached hydrogens (tertiary/aromatic N) is 2. The molecule has 1 aromatic rings. The summed E-state index contributed by atoms with van der Waals surface area (Å²) in [6.45, 7) is 5.92. The van der Waals surface area contributed by atoms with Crippen molar-refractivity contribution < 1.29 is 37.0 Å². The molecule has 184 valence electrons. The molecular weight excluding hydrogens is 443 g/mol. The number of carbonyl (C=O) groups is 3. The Morgan fingerprint density at radius 2 is 1.91 bits per heavy atom. The van der Waals surface area contributed by atoms with Crippen LogP contribution < -0.4 is 10.1 Å². The molecule has 1 N–H and O–H groups in total. The minimum absolute atomic E-state index is 0.0375. The monoisotopic (exact) mass is 473 g/mol. The van der Waals surface area contributed by atoms with Crippen LogP contribution in [0.2, 0.25) is 0 Å². The summed E-state index contributed by atoms with van der Waals surface area (Å²) in [5.74, 6) is -1.71. The van der Waals surface area contributed by atoms with Gasteiger partial charge < -0.3 is 24.6 Å². The number of anilines is 1. The number of rotatable bonds is 3. The summed E-state index contributed by atoms with van der Waals surface area (Å²) in [6, 6.07) is 3.75. The maximum absolute atomic E-state index is 13.2. The summed E-state index contributed by atoms with van der Waals surface area (Å²) in [7, 11) is 3.09. The fraction of sp³-hybridized carbons (Fsp3) is 0.591. The van der Waals surface area contributed by atoms with Gasteiger partial charge in [0.1, 0.15) is 18.8 Å². The lowest BCUT2D eigenvalue weighted by atomic mass is 10.0. The van der Waals surface area contributed by atoms with Gasteiger partial charge in [0.15, 0.2) is 0 Å². The maximum atomic E-state index is 13.2. The number of alkyl halides is 3. The third kappa shape index (κ3) is 7.34. The van der Waals surface area contributed by atoms with E-state index >= 15 is 0 Å². The van der Waals surface area contributed by atoms with Gasteiger partial charge in [-0.05, 0) is 25.1 Å². The van der Waals surface area contributed by atoms with E-state index in [1.807, 2.05) is 13.8 Å². The lowest BCUT2D eigenvalue weighted by Gasteiger charge is -2.35. The van der Waals surface area contributed by atoms with E-state index in [1.54, 1.807) is 11.9 Å². The highest BCUT2D eigenvalue weighted by molar-refractivity contribution is 5.99. The average Bonchev–Trinajstić information content (AvgIpc) is 2.71. The molecule has 33 heavy (non-hydrogen) atoms. The van der Waals surface area contributed by atoms with Crippen molar-refractivity contribution in [1.82, 2.24) is 9.80 Å². The standard InChI is InChI=1S/C22H30F3N3O5/c1-13-10-28(15(3)29)14(2)12-33-18-7-6-16(26-20(30)9-22(23,24)25)8-17(18)21(31)27(4)11-19(13)32-5/h6-8,13-14,19H,9-12H2,1-5H3,(H,26,30)/t13-,14-,19-/m0/s1. The van der Waals surface area contributed by atoms with Crippen molar-refractivity contribution in [3.05, 3.63) is 23.8 Å². The first-order valence-electron chi connectivity index (χ1n) is 10.5. The van der Waals surface area contributed by atoms with E-state index in [0.717, 1.165) is 0 Å². The van der Waals surface area contributed by atoms with Crippen LogP contribution in [0.3, 0.4) is 0 Å². The minimum atomic E-state index is -4.65. The molecule has 1 aromatic carbocycles. The smallest absolute Gasteiger partial charge is 0.397 e. The van der Waals surface area contributed by atoms with E-state index in [2.05, 4.69) is 5.32 Å². The van der Waals surface area contributed by atoms with E-state index < -0.39 is 24.4 Å². The van der Waals surface area contributed by atoms with Crippen molar-refractivity contribution >= 4 is 23.4 Å². The number of hydrogen-bond acceptors (Lipinski definition) is 5. The van der Waals surface area contributed by atoms with Gasteiger partial charge in [-0.1, -0.05) is 6.92 Å². The summed E-state index contributed by atoms with van der Waals surface area (Å²) in [5, 5.41) is 2.17. The molecule has 0 saturated heterocycles. The predicted molar refractivity (Wildman–Crippen MR) is 115 cm³/mol. The average molecular weight is 473 g/mol. The molecule has 0 radical (unpaired) electrons. The fourth-order valence-electron chi connectivity index (χ4n) is 3.68. The molecule has 3 amide bonds. The summed E-state index contributed by atoms with van der Waals surface area (Å²) in [4.78, 5) is 40.2. The van der Waals surface area contributed by atoms with Crippen molar-refractivity contribution in [3.8, 4) is 5.75 Å². The predicted octanol–water partition coefficient (Wildman–Crippen LogP) is 2.93. The molecule has 1 heterocycles. The Kier molecular flexibility index (Phi) is 8.70. The van der Waals surface area contributed by atoms with Crippen LogP contribution in [0.4, 0.5) is 18.9 Å². The van der Waals surface area contributed by atoms with Gasteiger partial charge in [0, 0.05) is 45.8 Å². The van der Waals surface area contributed by atoms with Gasteiger partial charge in [0.05, 0.1) is 17.7 Å². The van der Waals surface area contributed by atoms with E-state index in [0.29, 0.717) is 6.54 Å². The topological polar surface area (TPSA) is 88.2 Å². The van der Waals surface area contributed by atoms with Gasteiger partial charge in [0.2, 0.25) is 11.8 Å². The molecule has 8 nitrogen and oxygen atoms in total. The van der Waals surface area contributed by atoms with Crippen LogP contribution in [0, 0.1) is 5.92 Å². The molecule has 0 aliphatic carbocycles. The molecule has 11 heteroatoms. The number of fused-ring (bicyclic) bond motifs is 1. The Labute approximate surface area is 191 Å². The molecule has 0 bridgehead atoms. The number of ether oxygens (including phenoxy) is 2. The van der Waals surface area contributed by atoms with E-state index in [-0.39, 0.29) is 54.1 Å². The number of nitrogens with one attached hydrogen (secondary N) is 1. The largest absolute Gasteiger partial charge is 0.491 e.